The number of benzene rings is 2. The Morgan fingerprint density at radius 1 is 1.03 bits per heavy atom. The van der Waals surface area contributed by atoms with Crippen molar-refractivity contribution in [1.29, 1.82) is 0 Å². The first-order valence-electron chi connectivity index (χ1n) is 9.95. The first-order chi connectivity index (χ1) is 14.1. The van der Waals surface area contributed by atoms with E-state index in [0.29, 0.717) is 6.54 Å². The molecule has 0 bridgehead atoms. The molecule has 0 aliphatic carbocycles. The number of ether oxygens (including phenoxy) is 1. The Morgan fingerprint density at radius 3 is 2.48 bits per heavy atom. The van der Waals surface area contributed by atoms with Crippen LogP contribution in [0.1, 0.15) is 12.5 Å². The molecule has 2 aliphatic heterocycles. The molecule has 29 heavy (non-hydrogen) atoms. The van der Waals surface area contributed by atoms with Crippen molar-refractivity contribution in [2.45, 2.75) is 22.5 Å². The number of piperazine rings is 1. The number of amidine groups is 1. The second-order valence-corrected chi connectivity index (χ2v) is 8.60. The number of aliphatic imine (C=N–C) groups is 1. The van der Waals surface area contributed by atoms with Crippen molar-refractivity contribution in [3.63, 3.8) is 0 Å². The Labute approximate surface area is 175 Å². The molecule has 1 saturated heterocycles. The van der Waals surface area contributed by atoms with Gasteiger partial charge in [0, 0.05) is 41.5 Å². The van der Waals surface area contributed by atoms with E-state index in [1.54, 1.807) is 18.7 Å². The first-order valence-corrected chi connectivity index (χ1v) is 10.8. The van der Waals surface area contributed by atoms with Crippen molar-refractivity contribution in [3.05, 3.63) is 54.1 Å². The fourth-order valence-corrected chi connectivity index (χ4v) is 4.77. The Hall–Kier alpha value is -1.90. The van der Waals surface area contributed by atoms with Crippen LogP contribution in [0.3, 0.4) is 0 Å². The summed E-state index contributed by atoms with van der Waals surface area (Å²) in [6.07, 6.45) is 0. The zero-order valence-corrected chi connectivity index (χ0v) is 17.4. The van der Waals surface area contributed by atoms with Gasteiger partial charge in [0.15, 0.2) is 5.79 Å². The Morgan fingerprint density at radius 2 is 1.72 bits per heavy atom. The lowest BCUT2D eigenvalue weighted by Gasteiger charge is -2.39. The van der Waals surface area contributed by atoms with Crippen molar-refractivity contribution in [2.24, 2.45) is 4.99 Å². The van der Waals surface area contributed by atoms with Crippen LogP contribution in [0.25, 0.3) is 0 Å². The number of aliphatic hydroxyl groups excluding tert-OH is 1. The molecule has 6 nitrogen and oxygen atoms in total. The van der Waals surface area contributed by atoms with E-state index in [1.165, 1.54) is 15.4 Å². The van der Waals surface area contributed by atoms with Gasteiger partial charge in [-0.2, -0.15) is 0 Å². The minimum atomic E-state index is -1.26. The molecule has 1 atom stereocenters. The van der Waals surface area contributed by atoms with Crippen LogP contribution in [0, 0.1) is 0 Å². The van der Waals surface area contributed by atoms with E-state index in [1.807, 2.05) is 6.07 Å². The summed E-state index contributed by atoms with van der Waals surface area (Å²) in [7, 11) is 0. The molecule has 0 spiro atoms. The normalized spacial score (nSPS) is 19.0. The molecule has 2 N–H and O–H groups in total. The lowest BCUT2D eigenvalue weighted by Crippen LogP contribution is -2.53. The van der Waals surface area contributed by atoms with Gasteiger partial charge in [-0.3, -0.25) is 4.90 Å². The van der Waals surface area contributed by atoms with Gasteiger partial charge in [-0.05, 0) is 25.1 Å². The van der Waals surface area contributed by atoms with Gasteiger partial charge in [0.05, 0.1) is 25.4 Å². The zero-order chi connectivity index (χ0) is 20.3. The minimum absolute atomic E-state index is 0.0946. The molecule has 7 heteroatoms. The fourth-order valence-electron chi connectivity index (χ4n) is 3.75. The van der Waals surface area contributed by atoms with Crippen molar-refractivity contribution >= 4 is 23.3 Å². The highest BCUT2D eigenvalue weighted by molar-refractivity contribution is 7.99. The van der Waals surface area contributed by atoms with Crippen molar-refractivity contribution in [1.82, 2.24) is 9.80 Å². The summed E-state index contributed by atoms with van der Waals surface area (Å²) in [5.74, 6) is -0.242. The highest BCUT2D eigenvalue weighted by atomic mass is 32.2. The highest BCUT2D eigenvalue weighted by Crippen LogP contribution is 2.40. The number of rotatable bonds is 5. The average Bonchev–Trinajstić information content (AvgIpc) is 2.89. The van der Waals surface area contributed by atoms with E-state index in [9.17, 15) is 5.11 Å². The monoisotopic (exact) mass is 413 g/mol. The quantitative estimate of drug-likeness (QED) is 0.735. The standard InChI is InChI=1S/C22H27N3O3S/c1-22(27,28-15-14-26)16-24-10-12-25(13-11-24)21-17-6-2-4-8-19(17)29-20-9-5-3-7-18(20)23-21/h2-9,26-27H,10-16H2,1H3. The van der Waals surface area contributed by atoms with E-state index < -0.39 is 5.79 Å². The summed E-state index contributed by atoms with van der Waals surface area (Å²) in [6, 6.07) is 16.7. The smallest absolute Gasteiger partial charge is 0.175 e. The molecule has 4 rings (SSSR count). The van der Waals surface area contributed by atoms with Gasteiger partial charge in [0.1, 0.15) is 5.84 Å². The number of aliphatic hydroxyl groups is 2. The predicted octanol–water partition coefficient (Wildman–Crippen LogP) is 2.56. The third-order valence-electron chi connectivity index (χ3n) is 5.13. The third kappa shape index (κ3) is 4.82. The predicted molar refractivity (Wildman–Crippen MR) is 115 cm³/mol. The zero-order valence-electron chi connectivity index (χ0n) is 16.6. The van der Waals surface area contributed by atoms with Crippen LogP contribution in [0.2, 0.25) is 0 Å². The SMILES string of the molecule is CC(O)(CN1CCN(C2=Nc3ccccc3Sc3ccccc32)CC1)OCCO. The van der Waals surface area contributed by atoms with Crippen LogP contribution < -0.4 is 0 Å². The molecule has 1 fully saturated rings. The molecular formula is C22H27N3O3S. The summed E-state index contributed by atoms with van der Waals surface area (Å²) in [5.41, 5.74) is 2.17. The van der Waals surface area contributed by atoms with Crippen LogP contribution in [0.4, 0.5) is 5.69 Å². The summed E-state index contributed by atoms with van der Waals surface area (Å²) in [6.45, 7) is 5.40. The van der Waals surface area contributed by atoms with E-state index in [-0.39, 0.29) is 13.2 Å². The molecule has 0 radical (unpaired) electrons. The van der Waals surface area contributed by atoms with Crippen LogP contribution in [0.5, 0.6) is 0 Å². The van der Waals surface area contributed by atoms with Crippen LogP contribution in [-0.4, -0.2) is 77.6 Å². The van der Waals surface area contributed by atoms with Gasteiger partial charge in [0.2, 0.25) is 0 Å². The number of para-hydroxylation sites is 1. The molecule has 1 unspecified atom stereocenters. The lowest BCUT2D eigenvalue weighted by molar-refractivity contribution is -0.205. The van der Waals surface area contributed by atoms with Crippen molar-refractivity contribution in [3.8, 4) is 0 Å². The molecule has 0 saturated carbocycles. The minimum Gasteiger partial charge on any atom is -0.394 e. The second-order valence-electron chi connectivity index (χ2n) is 7.51. The maximum absolute atomic E-state index is 10.4. The van der Waals surface area contributed by atoms with E-state index in [4.69, 9.17) is 14.8 Å². The molecule has 0 amide bonds. The number of nitrogens with zero attached hydrogens (tertiary/aromatic N) is 3. The van der Waals surface area contributed by atoms with Gasteiger partial charge in [-0.1, -0.05) is 42.1 Å². The third-order valence-corrected chi connectivity index (χ3v) is 6.27. The van der Waals surface area contributed by atoms with Crippen LogP contribution in [-0.2, 0) is 4.74 Å². The van der Waals surface area contributed by atoms with Crippen LogP contribution >= 0.6 is 11.8 Å². The summed E-state index contributed by atoms with van der Waals surface area (Å²) in [5, 5.41) is 19.3. The summed E-state index contributed by atoms with van der Waals surface area (Å²) >= 11 is 1.77. The molecule has 2 aliphatic rings. The van der Waals surface area contributed by atoms with E-state index in [0.717, 1.165) is 37.7 Å². The topological polar surface area (TPSA) is 68.5 Å². The summed E-state index contributed by atoms with van der Waals surface area (Å²) < 4.78 is 5.35. The number of β-amino-alcohol motifs (C(OH)–C–C–N with tert-alkyl or cyclic N) is 1. The van der Waals surface area contributed by atoms with Crippen molar-refractivity contribution in [2.75, 3.05) is 45.9 Å². The van der Waals surface area contributed by atoms with Gasteiger partial charge >= 0.3 is 0 Å². The second kappa shape index (κ2) is 8.85. The largest absolute Gasteiger partial charge is 0.394 e. The Kier molecular flexibility index (Phi) is 6.22. The first kappa shape index (κ1) is 20.4. The van der Waals surface area contributed by atoms with Gasteiger partial charge in [-0.15, -0.1) is 0 Å². The van der Waals surface area contributed by atoms with Gasteiger partial charge in [-0.25, -0.2) is 4.99 Å². The van der Waals surface area contributed by atoms with Crippen LogP contribution in [0.15, 0.2) is 63.3 Å². The number of hydrogen-bond acceptors (Lipinski definition) is 7. The molecule has 2 aromatic carbocycles. The number of hydrogen-bond donors (Lipinski definition) is 2. The molecular weight excluding hydrogens is 386 g/mol. The van der Waals surface area contributed by atoms with E-state index >= 15 is 0 Å². The highest BCUT2D eigenvalue weighted by Gasteiger charge is 2.29. The molecule has 0 aromatic heterocycles. The maximum atomic E-state index is 10.4. The Balaban J connectivity index is 1.51. The molecule has 154 valence electrons. The molecule has 2 heterocycles. The van der Waals surface area contributed by atoms with Gasteiger partial charge < -0.3 is 19.8 Å². The fraction of sp³-hybridized carbons (Fsp3) is 0.409. The number of fused-ring (bicyclic) bond motifs is 2. The summed E-state index contributed by atoms with van der Waals surface area (Å²) in [4.78, 5) is 12.0. The van der Waals surface area contributed by atoms with Gasteiger partial charge in [0.25, 0.3) is 0 Å². The molecule has 2 aromatic rings. The lowest BCUT2D eigenvalue weighted by atomic mass is 10.1. The van der Waals surface area contributed by atoms with Crippen molar-refractivity contribution < 1.29 is 14.9 Å². The maximum Gasteiger partial charge on any atom is 0.175 e. The Bertz CT molecular complexity index is 879. The van der Waals surface area contributed by atoms with E-state index in [2.05, 4.69) is 52.3 Å². The average molecular weight is 414 g/mol.